The maximum atomic E-state index is 13.5. The predicted molar refractivity (Wildman–Crippen MR) is 159 cm³/mol. The van der Waals surface area contributed by atoms with Gasteiger partial charge in [0.25, 0.3) is 5.91 Å². The molecule has 0 unspecified atom stereocenters. The first kappa shape index (κ1) is 29.9. The molecule has 0 spiro atoms. The second-order valence-corrected chi connectivity index (χ2v) is 12.2. The highest BCUT2D eigenvalue weighted by Crippen LogP contribution is 2.48. The Kier molecular flexibility index (Phi) is 10.5. The van der Waals surface area contributed by atoms with E-state index in [1.807, 2.05) is 73.4 Å². The number of rotatable bonds is 13. The molecule has 2 aliphatic rings. The van der Waals surface area contributed by atoms with Crippen molar-refractivity contribution in [3.05, 3.63) is 89.5 Å². The zero-order chi connectivity index (χ0) is 28.5. The molecule has 0 N–H and O–H groups in total. The molecule has 0 saturated heterocycles. The number of hydrogen-bond acceptors (Lipinski definition) is 6. The highest BCUT2D eigenvalue weighted by molar-refractivity contribution is 7.53. The third kappa shape index (κ3) is 7.58. The maximum Gasteiger partial charge on any atom is 0.330 e. The van der Waals surface area contributed by atoms with E-state index in [-0.39, 0.29) is 11.8 Å². The summed E-state index contributed by atoms with van der Waals surface area (Å²) < 4.78 is 23.9. The molecule has 9 heteroatoms. The van der Waals surface area contributed by atoms with Gasteiger partial charge in [-0.15, -0.1) is 6.58 Å². The second-order valence-electron chi connectivity index (χ2n) is 10.0. The molecule has 40 heavy (non-hydrogen) atoms. The minimum atomic E-state index is -3.15. The van der Waals surface area contributed by atoms with Crippen molar-refractivity contribution in [1.82, 2.24) is 9.80 Å². The van der Waals surface area contributed by atoms with Gasteiger partial charge in [-0.25, -0.2) is 0 Å². The topological polar surface area (TPSA) is 79.4 Å². The number of carbonyl (C=O) groups is 2. The average molecular weight is 566 g/mol. The van der Waals surface area contributed by atoms with Gasteiger partial charge in [0, 0.05) is 37.4 Å². The van der Waals surface area contributed by atoms with Crippen LogP contribution in [0, 0.1) is 0 Å². The van der Waals surface area contributed by atoms with Crippen molar-refractivity contribution in [3.63, 3.8) is 0 Å². The molecule has 0 atom stereocenters. The molecule has 0 saturated carbocycles. The fourth-order valence-corrected chi connectivity index (χ4v) is 6.74. The minimum absolute atomic E-state index is 0.0105. The lowest BCUT2D eigenvalue weighted by Crippen LogP contribution is -2.37. The molecule has 4 rings (SSSR count). The Morgan fingerprint density at radius 3 is 2.33 bits per heavy atom. The van der Waals surface area contributed by atoms with Crippen molar-refractivity contribution in [2.75, 3.05) is 50.5 Å². The minimum Gasteiger partial charge on any atom is -0.331 e. The lowest BCUT2D eigenvalue weighted by atomic mass is 10.0. The normalized spacial score (nSPS) is 15.8. The first-order valence-corrected chi connectivity index (χ1v) is 15.7. The molecule has 2 aromatic rings. The largest absolute Gasteiger partial charge is 0.331 e. The van der Waals surface area contributed by atoms with Crippen molar-refractivity contribution in [3.8, 4) is 0 Å². The lowest BCUT2D eigenvalue weighted by Gasteiger charge is -2.24. The standard InChI is InChI=1S/C31H40N3O5P/c1-4-7-17-32-23-28-21-25(16-20-40(37,38-5-2)39-6-3)12-15-29(28)34(30(35)24-32)22-26-10-13-27(14-11-26)31(36)33-18-8-9-19-33/h4,8-15,21H,1,5-7,16-20,22-24H2,2-3H3. The number of hydrogen-bond donors (Lipinski definition) is 0. The van der Waals surface area contributed by atoms with Crippen LogP contribution in [0.5, 0.6) is 0 Å². The van der Waals surface area contributed by atoms with Crippen LogP contribution in [-0.4, -0.2) is 67.2 Å². The summed E-state index contributed by atoms with van der Waals surface area (Å²) in [6, 6.07) is 13.6. The van der Waals surface area contributed by atoms with E-state index in [2.05, 4.69) is 17.5 Å². The summed E-state index contributed by atoms with van der Waals surface area (Å²) in [5.41, 5.74) is 4.54. The molecular weight excluding hydrogens is 525 g/mol. The Hall–Kier alpha value is -3.03. The van der Waals surface area contributed by atoms with Crippen LogP contribution in [0.3, 0.4) is 0 Å². The van der Waals surface area contributed by atoms with Crippen LogP contribution in [0.2, 0.25) is 0 Å². The molecule has 0 aliphatic carbocycles. The van der Waals surface area contributed by atoms with Gasteiger partial charge in [-0.2, -0.15) is 0 Å². The van der Waals surface area contributed by atoms with Gasteiger partial charge in [0.15, 0.2) is 0 Å². The number of amides is 2. The molecule has 8 nitrogen and oxygen atoms in total. The summed E-state index contributed by atoms with van der Waals surface area (Å²) in [7, 11) is -3.15. The van der Waals surface area contributed by atoms with E-state index >= 15 is 0 Å². The highest BCUT2D eigenvalue weighted by atomic mass is 31.2. The Morgan fingerprint density at radius 2 is 1.68 bits per heavy atom. The first-order valence-electron chi connectivity index (χ1n) is 14.0. The second kappa shape index (κ2) is 14.0. The van der Waals surface area contributed by atoms with E-state index in [1.54, 1.807) is 4.90 Å². The summed E-state index contributed by atoms with van der Waals surface area (Å²) in [6.45, 7) is 11.5. The number of nitrogens with zero attached hydrogens (tertiary/aromatic N) is 3. The van der Waals surface area contributed by atoms with E-state index < -0.39 is 7.60 Å². The third-order valence-corrected chi connectivity index (χ3v) is 9.19. The molecule has 214 valence electrons. The highest BCUT2D eigenvalue weighted by Gasteiger charge is 2.28. The van der Waals surface area contributed by atoms with Crippen molar-refractivity contribution < 1.29 is 23.2 Å². The summed E-state index contributed by atoms with van der Waals surface area (Å²) in [6.07, 6.45) is 7.49. The molecular formula is C31H40N3O5P. The summed E-state index contributed by atoms with van der Waals surface area (Å²) >= 11 is 0. The molecule has 2 heterocycles. The Bertz CT molecular complexity index is 1260. The van der Waals surface area contributed by atoms with Crippen LogP contribution in [0.25, 0.3) is 0 Å². The first-order chi connectivity index (χ1) is 19.4. The Labute approximate surface area is 237 Å². The molecule has 0 aromatic heterocycles. The molecule has 0 radical (unpaired) electrons. The molecule has 2 aromatic carbocycles. The van der Waals surface area contributed by atoms with E-state index in [1.165, 1.54) is 0 Å². The fraction of sp³-hybridized carbons (Fsp3) is 0.419. The summed E-state index contributed by atoms with van der Waals surface area (Å²) in [4.78, 5) is 32.0. The van der Waals surface area contributed by atoms with Gasteiger partial charge in [-0.3, -0.25) is 19.1 Å². The molecule has 0 fully saturated rings. The van der Waals surface area contributed by atoms with Gasteiger partial charge >= 0.3 is 7.60 Å². The van der Waals surface area contributed by atoms with E-state index in [9.17, 15) is 14.2 Å². The number of carbonyl (C=O) groups excluding carboxylic acids is 2. The molecule has 2 amide bonds. The quantitative estimate of drug-likeness (QED) is 0.238. The van der Waals surface area contributed by atoms with E-state index in [4.69, 9.17) is 9.05 Å². The fourth-order valence-electron chi connectivity index (χ4n) is 5.09. The van der Waals surface area contributed by atoms with Crippen LogP contribution >= 0.6 is 7.60 Å². The number of aryl methyl sites for hydroxylation is 1. The number of anilines is 1. The smallest absolute Gasteiger partial charge is 0.330 e. The van der Waals surface area contributed by atoms with Crippen LogP contribution in [0.4, 0.5) is 5.69 Å². The van der Waals surface area contributed by atoms with Crippen molar-refractivity contribution >= 4 is 25.1 Å². The van der Waals surface area contributed by atoms with Gasteiger partial charge in [-0.05, 0) is 61.6 Å². The average Bonchev–Trinajstić information content (AvgIpc) is 3.45. The van der Waals surface area contributed by atoms with E-state index in [0.29, 0.717) is 64.1 Å². The summed E-state index contributed by atoms with van der Waals surface area (Å²) in [5.74, 6) is 0.0346. The Balaban J connectivity index is 1.55. The van der Waals surface area contributed by atoms with Gasteiger partial charge in [0.1, 0.15) is 0 Å². The number of fused-ring (bicyclic) bond motifs is 1. The molecule has 0 bridgehead atoms. The monoisotopic (exact) mass is 565 g/mol. The SMILES string of the molecule is C=CCCN1CC(=O)N(Cc2ccc(C(=O)N3CC=CC3)cc2)c2ccc(CCP(=O)(OCC)OCC)cc2C1. The van der Waals surface area contributed by atoms with Gasteiger partial charge in [0.2, 0.25) is 5.91 Å². The van der Waals surface area contributed by atoms with Gasteiger partial charge in [0.05, 0.1) is 32.5 Å². The maximum absolute atomic E-state index is 13.5. The van der Waals surface area contributed by atoms with E-state index in [0.717, 1.165) is 35.3 Å². The predicted octanol–water partition coefficient (Wildman–Crippen LogP) is 5.43. The van der Waals surface area contributed by atoms with Crippen molar-refractivity contribution in [1.29, 1.82) is 0 Å². The zero-order valence-electron chi connectivity index (χ0n) is 23.6. The van der Waals surface area contributed by atoms with Crippen molar-refractivity contribution in [2.45, 2.75) is 39.8 Å². The van der Waals surface area contributed by atoms with Gasteiger partial charge in [-0.1, -0.05) is 42.5 Å². The zero-order valence-corrected chi connectivity index (χ0v) is 24.5. The van der Waals surface area contributed by atoms with Crippen LogP contribution in [0.1, 0.15) is 47.3 Å². The summed E-state index contributed by atoms with van der Waals surface area (Å²) in [5, 5.41) is 0. The van der Waals surface area contributed by atoms with Crippen LogP contribution in [0.15, 0.2) is 67.3 Å². The Morgan fingerprint density at radius 1 is 1.00 bits per heavy atom. The van der Waals surface area contributed by atoms with Crippen LogP contribution < -0.4 is 4.90 Å². The molecule has 2 aliphatic heterocycles. The van der Waals surface area contributed by atoms with Crippen molar-refractivity contribution in [2.24, 2.45) is 0 Å². The number of benzene rings is 2. The van der Waals surface area contributed by atoms with Gasteiger partial charge < -0.3 is 18.8 Å². The third-order valence-electron chi connectivity index (χ3n) is 7.11. The van der Waals surface area contributed by atoms with Crippen LogP contribution in [-0.2, 0) is 37.9 Å². The lowest BCUT2D eigenvalue weighted by molar-refractivity contribution is -0.119.